The van der Waals surface area contributed by atoms with Gasteiger partial charge in [-0.15, -0.1) is 0 Å². The largest absolute Gasteiger partial charge is 0.353 e. The predicted molar refractivity (Wildman–Crippen MR) is 86.7 cm³/mol. The molecule has 0 radical (unpaired) electrons. The van der Waals surface area contributed by atoms with Crippen LogP contribution in [0.25, 0.3) is 0 Å². The van der Waals surface area contributed by atoms with Crippen molar-refractivity contribution < 1.29 is 4.79 Å². The lowest BCUT2D eigenvalue weighted by molar-refractivity contribution is -0.119. The fourth-order valence-corrected chi connectivity index (χ4v) is 4.08. The van der Waals surface area contributed by atoms with Crippen LogP contribution in [0.4, 0.5) is 0 Å². The number of fused-ring (bicyclic) bond motifs is 1. The van der Waals surface area contributed by atoms with Gasteiger partial charge in [-0.25, -0.2) is 4.98 Å². The first-order valence-corrected chi connectivity index (χ1v) is 9.10. The van der Waals surface area contributed by atoms with Gasteiger partial charge in [-0.2, -0.15) is 5.26 Å². The number of hydrogen-bond donors (Lipinski definition) is 1. The van der Waals surface area contributed by atoms with Crippen LogP contribution in [-0.2, 0) is 17.6 Å². The van der Waals surface area contributed by atoms with E-state index >= 15 is 0 Å². The number of hydrogen-bond acceptors (Lipinski definition) is 4. The van der Waals surface area contributed by atoms with Gasteiger partial charge in [-0.3, -0.25) is 4.79 Å². The molecule has 1 N–H and O–H groups in total. The van der Waals surface area contributed by atoms with E-state index in [1.54, 1.807) is 0 Å². The molecule has 2 aliphatic carbocycles. The zero-order valence-electron chi connectivity index (χ0n) is 12.7. The third kappa shape index (κ3) is 3.61. The summed E-state index contributed by atoms with van der Waals surface area (Å²) in [5.41, 5.74) is 2.91. The number of amides is 1. The lowest BCUT2D eigenvalue weighted by Crippen LogP contribution is -2.37. The van der Waals surface area contributed by atoms with Gasteiger partial charge in [0.05, 0.1) is 11.3 Å². The second-order valence-corrected chi connectivity index (χ2v) is 7.07. The first kappa shape index (κ1) is 15.4. The van der Waals surface area contributed by atoms with Gasteiger partial charge in [0.15, 0.2) is 0 Å². The first-order chi connectivity index (χ1) is 10.8. The fraction of sp³-hybridized carbons (Fsp3) is 0.588. The summed E-state index contributed by atoms with van der Waals surface area (Å²) in [7, 11) is 0. The number of pyridine rings is 1. The summed E-state index contributed by atoms with van der Waals surface area (Å²) in [6.45, 7) is 0. The Hall–Kier alpha value is -1.54. The Morgan fingerprint density at radius 2 is 2.14 bits per heavy atom. The Kier molecular flexibility index (Phi) is 4.99. The van der Waals surface area contributed by atoms with Crippen LogP contribution >= 0.6 is 11.8 Å². The highest BCUT2D eigenvalue weighted by Crippen LogP contribution is 2.27. The number of nitriles is 1. The highest BCUT2D eigenvalue weighted by atomic mass is 32.2. The Morgan fingerprint density at radius 3 is 2.91 bits per heavy atom. The molecule has 3 rings (SSSR count). The van der Waals surface area contributed by atoms with E-state index in [0.29, 0.717) is 22.4 Å². The Morgan fingerprint density at radius 1 is 1.32 bits per heavy atom. The van der Waals surface area contributed by atoms with Gasteiger partial charge < -0.3 is 5.32 Å². The van der Waals surface area contributed by atoms with Crippen LogP contribution in [-0.4, -0.2) is 22.7 Å². The van der Waals surface area contributed by atoms with E-state index in [0.717, 1.165) is 37.8 Å². The van der Waals surface area contributed by atoms with Gasteiger partial charge in [-0.1, -0.05) is 31.0 Å². The molecule has 0 unspecified atom stereocenters. The van der Waals surface area contributed by atoms with Crippen LogP contribution in [0.15, 0.2) is 11.1 Å². The normalized spacial score (nSPS) is 17.8. The molecule has 0 aliphatic heterocycles. The Labute approximate surface area is 135 Å². The molecule has 4 nitrogen and oxygen atoms in total. The van der Waals surface area contributed by atoms with Crippen molar-refractivity contribution in [1.29, 1.82) is 5.26 Å². The van der Waals surface area contributed by atoms with Crippen molar-refractivity contribution in [3.8, 4) is 6.07 Å². The van der Waals surface area contributed by atoms with E-state index < -0.39 is 0 Å². The molecule has 0 atom stereocenters. The molecule has 1 fully saturated rings. The van der Waals surface area contributed by atoms with Crippen molar-refractivity contribution in [3.63, 3.8) is 0 Å². The summed E-state index contributed by atoms with van der Waals surface area (Å²) in [5, 5.41) is 13.1. The second kappa shape index (κ2) is 7.15. The van der Waals surface area contributed by atoms with Crippen LogP contribution in [0.5, 0.6) is 0 Å². The van der Waals surface area contributed by atoms with Crippen molar-refractivity contribution in [2.45, 2.75) is 62.4 Å². The van der Waals surface area contributed by atoms with Gasteiger partial charge >= 0.3 is 0 Å². The summed E-state index contributed by atoms with van der Waals surface area (Å²) >= 11 is 1.39. The van der Waals surface area contributed by atoms with Gasteiger partial charge in [0, 0.05) is 11.7 Å². The molecule has 1 saturated carbocycles. The third-order valence-corrected chi connectivity index (χ3v) is 5.44. The van der Waals surface area contributed by atoms with Crippen molar-refractivity contribution >= 4 is 17.7 Å². The zero-order valence-corrected chi connectivity index (χ0v) is 13.5. The smallest absolute Gasteiger partial charge is 0.230 e. The summed E-state index contributed by atoms with van der Waals surface area (Å²) < 4.78 is 0. The van der Waals surface area contributed by atoms with Crippen LogP contribution in [0.2, 0.25) is 0 Å². The molecule has 1 aromatic heterocycles. The van der Waals surface area contributed by atoms with E-state index in [2.05, 4.69) is 16.4 Å². The Bertz CT molecular complexity index is 603. The molecule has 22 heavy (non-hydrogen) atoms. The molecule has 5 heteroatoms. The summed E-state index contributed by atoms with van der Waals surface area (Å²) in [6, 6.07) is 4.51. The van der Waals surface area contributed by atoms with Crippen LogP contribution in [0.1, 0.15) is 55.3 Å². The highest BCUT2D eigenvalue weighted by molar-refractivity contribution is 8.00. The first-order valence-electron chi connectivity index (χ1n) is 8.11. The molecule has 0 aromatic carbocycles. The lowest BCUT2D eigenvalue weighted by Gasteiger charge is -2.22. The molecule has 2 aliphatic rings. The number of thioether (sulfide) groups is 1. The minimum absolute atomic E-state index is 0.0584. The maximum atomic E-state index is 12.1. The monoisotopic (exact) mass is 315 g/mol. The number of aromatic nitrogens is 1. The quantitative estimate of drug-likeness (QED) is 0.868. The highest BCUT2D eigenvalue weighted by Gasteiger charge is 2.19. The Balaban J connectivity index is 1.59. The molecule has 0 bridgehead atoms. The SMILES string of the molecule is N#Cc1cc2c(nc1SCC(=O)NC1CCCCC1)CCC2. The maximum Gasteiger partial charge on any atom is 0.230 e. The summed E-state index contributed by atoms with van der Waals surface area (Å²) in [4.78, 5) is 16.7. The van der Waals surface area contributed by atoms with E-state index in [1.807, 2.05) is 6.07 Å². The average molecular weight is 315 g/mol. The van der Waals surface area contributed by atoms with Crippen molar-refractivity contribution in [3.05, 3.63) is 22.9 Å². The number of carbonyl (C=O) groups is 1. The predicted octanol–water partition coefficient (Wildman–Crippen LogP) is 2.98. The van der Waals surface area contributed by atoms with Gasteiger partial charge in [0.2, 0.25) is 5.91 Å². The minimum Gasteiger partial charge on any atom is -0.353 e. The topological polar surface area (TPSA) is 65.8 Å². The van der Waals surface area contributed by atoms with E-state index in [4.69, 9.17) is 0 Å². The summed E-state index contributed by atoms with van der Waals surface area (Å²) in [5.74, 6) is 0.403. The van der Waals surface area contributed by atoms with Crippen molar-refractivity contribution in [2.24, 2.45) is 0 Å². The van der Waals surface area contributed by atoms with Crippen molar-refractivity contribution in [2.75, 3.05) is 5.75 Å². The molecule has 0 saturated heterocycles. The van der Waals surface area contributed by atoms with Gasteiger partial charge in [-0.05, 0) is 43.7 Å². The van der Waals surface area contributed by atoms with E-state index in [1.165, 1.54) is 36.6 Å². The molecular weight excluding hydrogens is 294 g/mol. The molecular formula is C17H21N3OS. The minimum atomic E-state index is 0.0584. The molecule has 1 heterocycles. The number of aryl methyl sites for hydroxylation is 2. The number of rotatable bonds is 4. The number of nitrogens with zero attached hydrogens (tertiary/aromatic N) is 2. The molecule has 0 spiro atoms. The molecule has 1 aromatic rings. The fourth-order valence-electron chi connectivity index (χ4n) is 3.29. The maximum absolute atomic E-state index is 12.1. The standard InChI is InChI=1S/C17H21N3OS/c18-10-13-9-12-5-4-8-15(12)20-17(13)22-11-16(21)19-14-6-2-1-3-7-14/h9,14H,1-8,11H2,(H,19,21). The van der Waals surface area contributed by atoms with Crippen LogP contribution in [0, 0.1) is 11.3 Å². The zero-order chi connectivity index (χ0) is 15.4. The van der Waals surface area contributed by atoms with Crippen LogP contribution < -0.4 is 5.32 Å². The average Bonchev–Trinajstić information content (AvgIpc) is 3.00. The summed E-state index contributed by atoms with van der Waals surface area (Å²) in [6.07, 6.45) is 9.02. The molecule has 1 amide bonds. The van der Waals surface area contributed by atoms with Crippen molar-refractivity contribution in [1.82, 2.24) is 10.3 Å². The van der Waals surface area contributed by atoms with Gasteiger partial charge in [0.25, 0.3) is 0 Å². The van der Waals surface area contributed by atoms with E-state index in [-0.39, 0.29) is 5.91 Å². The second-order valence-electron chi connectivity index (χ2n) is 6.10. The lowest BCUT2D eigenvalue weighted by atomic mass is 9.95. The third-order valence-electron chi connectivity index (χ3n) is 4.45. The molecule has 116 valence electrons. The van der Waals surface area contributed by atoms with Gasteiger partial charge in [0.1, 0.15) is 11.1 Å². The van der Waals surface area contributed by atoms with Crippen LogP contribution in [0.3, 0.4) is 0 Å². The van der Waals surface area contributed by atoms with E-state index in [9.17, 15) is 10.1 Å². The number of nitrogens with one attached hydrogen (secondary N) is 1. The number of carbonyl (C=O) groups excluding carboxylic acids is 1.